The van der Waals surface area contributed by atoms with Crippen LogP contribution in [0.15, 0.2) is 18.7 Å². The molecule has 2 fully saturated rings. The van der Waals surface area contributed by atoms with Crippen molar-refractivity contribution in [2.75, 3.05) is 6.54 Å². The number of hydrogen-bond donors (Lipinski definition) is 1. The summed E-state index contributed by atoms with van der Waals surface area (Å²) in [5.41, 5.74) is 1.53. The lowest BCUT2D eigenvalue weighted by Crippen LogP contribution is -2.54. The number of amides is 3. The molecule has 140 valence electrons. The molecule has 0 aromatic carbocycles. The molecule has 1 aromatic rings. The predicted molar refractivity (Wildman–Crippen MR) is 99.0 cm³/mol. The highest BCUT2D eigenvalue weighted by molar-refractivity contribution is 6.11. The second-order valence-corrected chi connectivity index (χ2v) is 7.55. The zero-order chi connectivity index (χ0) is 19.1. The summed E-state index contributed by atoms with van der Waals surface area (Å²) in [5, 5.41) is 2.89. The van der Waals surface area contributed by atoms with Crippen LogP contribution < -0.4 is 5.32 Å². The molecule has 2 atom stereocenters. The maximum absolute atomic E-state index is 13.0. The number of Topliss-reactive ketones (excluding diaryl/α,β-unsaturated/α-hetero) is 1. The maximum atomic E-state index is 13.0. The summed E-state index contributed by atoms with van der Waals surface area (Å²) in [5.74, 6) is -0.370. The van der Waals surface area contributed by atoms with Crippen LogP contribution in [-0.4, -0.2) is 39.3 Å². The number of rotatable bonds is 5. The smallest absolute Gasteiger partial charge is 0.325 e. The van der Waals surface area contributed by atoms with Gasteiger partial charge in [-0.25, -0.2) is 4.79 Å². The van der Waals surface area contributed by atoms with Gasteiger partial charge in [0, 0.05) is 23.5 Å². The molecule has 0 unspecified atom stereocenters. The highest BCUT2D eigenvalue weighted by Gasteiger charge is 2.55. The van der Waals surface area contributed by atoms with E-state index < -0.39 is 11.6 Å². The van der Waals surface area contributed by atoms with E-state index in [1.807, 2.05) is 31.4 Å². The molecule has 26 heavy (non-hydrogen) atoms. The molecule has 2 heterocycles. The lowest BCUT2D eigenvalue weighted by Gasteiger charge is -2.36. The van der Waals surface area contributed by atoms with Crippen LogP contribution in [0.3, 0.4) is 0 Å². The van der Waals surface area contributed by atoms with Crippen LogP contribution in [0.4, 0.5) is 4.79 Å². The normalized spacial score (nSPS) is 25.7. The SMILES string of the molecule is C=CCn1c(C)cc(C(=O)CN2C(=O)N[C@]3(CCCC[C@H]3C)C2=O)c1C. The highest BCUT2D eigenvalue weighted by Crippen LogP contribution is 2.38. The molecule has 3 rings (SSSR count). The predicted octanol–water partition coefficient (Wildman–Crippen LogP) is 2.97. The van der Waals surface area contributed by atoms with Crippen molar-refractivity contribution in [1.29, 1.82) is 0 Å². The number of carbonyl (C=O) groups excluding carboxylic acids is 3. The van der Waals surface area contributed by atoms with Crippen LogP contribution in [0.5, 0.6) is 0 Å². The number of carbonyl (C=O) groups is 3. The molecule has 1 aliphatic heterocycles. The number of aromatic nitrogens is 1. The van der Waals surface area contributed by atoms with Crippen molar-refractivity contribution in [1.82, 2.24) is 14.8 Å². The number of hydrogen-bond acceptors (Lipinski definition) is 3. The Balaban J connectivity index is 1.82. The number of nitrogens with zero attached hydrogens (tertiary/aromatic N) is 2. The van der Waals surface area contributed by atoms with E-state index in [0.29, 0.717) is 18.5 Å². The highest BCUT2D eigenvalue weighted by atomic mass is 16.2. The summed E-state index contributed by atoms with van der Waals surface area (Å²) >= 11 is 0. The van der Waals surface area contributed by atoms with E-state index in [1.54, 1.807) is 6.08 Å². The van der Waals surface area contributed by atoms with Crippen molar-refractivity contribution >= 4 is 17.7 Å². The Morgan fingerprint density at radius 2 is 2.12 bits per heavy atom. The standard InChI is InChI=1S/C20H27N3O3/c1-5-10-22-14(3)11-16(15(22)4)17(24)12-23-18(25)20(21-19(23)26)9-7-6-8-13(20)2/h5,11,13H,1,6-10,12H2,2-4H3,(H,21,26)/t13-,20+/m1/s1. The first-order valence-corrected chi connectivity index (χ1v) is 9.26. The van der Waals surface area contributed by atoms with Gasteiger partial charge in [-0.15, -0.1) is 6.58 Å². The zero-order valence-electron chi connectivity index (χ0n) is 15.8. The van der Waals surface area contributed by atoms with Crippen molar-refractivity contribution in [3.8, 4) is 0 Å². The molecule has 6 nitrogen and oxygen atoms in total. The monoisotopic (exact) mass is 357 g/mol. The molecule has 6 heteroatoms. The Morgan fingerprint density at radius 3 is 2.77 bits per heavy atom. The second-order valence-electron chi connectivity index (χ2n) is 7.55. The summed E-state index contributed by atoms with van der Waals surface area (Å²) in [6.45, 7) is 9.96. The van der Waals surface area contributed by atoms with E-state index in [0.717, 1.165) is 35.6 Å². The minimum absolute atomic E-state index is 0.0884. The molecular formula is C20H27N3O3. The van der Waals surface area contributed by atoms with Gasteiger partial charge in [0.25, 0.3) is 5.91 Å². The van der Waals surface area contributed by atoms with Gasteiger partial charge in [0.1, 0.15) is 5.54 Å². The fourth-order valence-electron chi connectivity index (χ4n) is 4.36. The summed E-state index contributed by atoms with van der Waals surface area (Å²) < 4.78 is 2.00. The molecule has 2 aliphatic rings. The fraction of sp³-hybridized carbons (Fsp3) is 0.550. The van der Waals surface area contributed by atoms with Crippen molar-refractivity contribution < 1.29 is 14.4 Å². The van der Waals surface area contributed by atoms with Gasteiger partial charge < -0.3 is 9.88 Å². The van der Waals surface area contributed by atoms with E-state index in [1.165, 1.54) is 0 Å². The average molecular weight is 357 g/mol. The number of allylic oxidation sites excluding steroid dienone is 1. The summed E-state index contributed by atoms with van der Waals surface area (Å²) in [4.78, 5) is 39.4. The van der Waals surface area contributed by atoms with Gasteiger partial charge in [0.15, 0.2) is 5.78 Å². The van der Waals surface area contributed by atoms with E-state index in [2.05, 4.69) is 11.9 Å². The fourth-order valence-corrected chi connectivity index (χ4v) is 4.36. The van der Waals surface area contributed by atoms with Crippen LogP contribution in [-0.2, 0) is 11.3 Å². The minimum Gasteiger partial charge on any atom is -0.345 e. The molecule has 1 spiro atoms. The van der Waals surface area contributed by atoms with E-state index in [9.17, 15) is 14.4 Å². The lowest BCUT2D eigenvalue weighted by molar-refractivity contribution is -0.133. The molecule has 1 saturated heterocycles. The molecule has 0 radical (unpaired) electrons. The van der Waals surface area contributed by atoms with Crippen molar-refractivity contribution in [3.63, 3.8) is 0 Å². The summed E-state index contributed by atoms with van der Waals surface area (Å²) in [6.07, 6.45) is 5.33. The van der Waals surface area contributed by atoms with Crippen molar-refractivity contribution in [2.45, 2.75) is 58.5 Å². The average Bonchev–Trinajstić information content (AvgIpc) is 3.01. The topological polar surface area (TPSA) is 71.4 Å². The van der Waals surface area contributed by atoms with Gasteiger partial charge in [0.2, 0.25) is 0 Å². The Labute approximate surface area is 154 Å². The minimum atomic E-state index is -0.824. The van der Waals surface area contributed by atoms with Gasteiger partial charge in [0.05, 0.1) is 6.54 Å². The number of aryl methyl sites for hydroxylation is 1. The number of imide groups is 1. The molecular weight excluding hydrogens is 330 g/mol. The van der Waals surface area contributed by atoms with Gasteiger partial charge in [-0.1, -0.05) is 25.8 Å². The third-order valence-corrected chi connectivity index (χ3v) is 5.99. The summed E-state index contributed by atoms with van der Waals surface area (Å²) in [6, 6.07) is 1.37. The number of nitrogens with one attached hydrogen (secondary N) is 1. The van der Waals surface area contributed by atoms with Gasteiger partial charge in [-0.2, -0.15) is 0 Å². The van der Waals surface area contributed by atoms with Crippen molar-refractivity contribution in [2.24, 2.45) is 5.92 Å². The van der Waals surface area contributed by atoms with E-state index in [-0.39, 0.29) is 24.2 Å². The number of urea groups is 1. The third kappa shape index (κ3) is 2.77. The Hall–Kier alpha value is -2.37. The zero-order valence-corrected chi connectivity index (χ0v) is 15.8. The van der Waals surface area contributed by atoms with Crippen LogP contribution in [0.1, 0.15) is 54.4 Å². The first-order valence-electron chi connectivity index (χ1n) is 9.26. The lowest BCUT2D eigenvalue weighted by atomic mass is 9.73. The molecule has 1 saturated carbocycles. The van der Waals surface area contributed by atoms with E-state index in [4.69, 9.17) is 0 Å². The molecule has 0 bridgehead atoms. The van der Waals surface area contributed by atoms with Gasteiger partial charge >= 0.3 is 6.03 Å². The number of ketones is 1. The third-order valence-electron chi connectivity index (χ3n) is 5.99. The molecule has 1 aliphatic carbocycles. The maximum Gasteiger partial charge on any atom is 0.325 e. The van der Waals surface area contributed by atoms with Crippen LogP contribution >= 0.6 is 0 Å². The van der Waals surface area contributed by atoms with E-state index >= 15 is 0 Å². The van der Waals surface area contributed by atoms with Crippen molar-refractivity contribution in [3.05, 3.63) is 35.7 Å². The van der Waals surface area contributed by atoms with Gasteiger partial charge in [-0.05, 0) is 38.7 Å². The van der Waals surface area contributed by atoms with Crippen LogP contribution in [0.25, 0.3) is 0 Å². The van der Waals surface area contributed by atoms with Crippen LogP contribution in [0, 0.1) is 19.8 Å². The molecule has 1 aromatic heterocycles. The Bertz CT molecular complexity index is 780. The van der Waals surface area contributed by atoms with Crippen LogP contribution in [0.2, 0.25) is 0 Å². The first-order chi connectivity index (χ1) is 12.3. The second kappa shape index (κ2) is 6.74. The largest absolute Gasteiger partial charge is 0.345 e. The Kier molecular flexibility index (Phi) is 4.78. The Morgan fingerprint density at radius 1 is 1.38 bits per heavy atom. The summed E-state index contributed by atoms with van der Waals surface area (Å²) in [7, 11) is 0. The van der Waals surface area contributed by atoms with Gasteiger partial charge in [-0.3, -0.25) is 14.5 Å². The first kappa shape index (κ1) is 18.4. The molecule has 3 amide bonds. The quantitative estimate of drug-likeness (QED) is 0.500. The molecule has 1 N–H and O–H groups in total.